The first-order valence-electron chi connectivity index (χ1n) is 8.90. The van der Waals surface area contributed by atoms with Gasteiger partial charge >= 0.3 is 12.0 Å². The van der Waals surface area contributed by atoms with E-state index >= 15 is 0 Å². The van der Waals surface area contributed by atoms with Crippen molar-refractivity contribution in [2.75, 3.05) is 13.7 Å². The minimum atomic E-state index is -0.698. The third-order valence-electron chi connectivity index (χ3n) is 5.45. The lowest BCUT2D eigenvalue weighted by molar-refractivity contribution is -0.146. The first-order valence-corrected chi connectivity index (χ1v) is 9.78. The molecule has 1 aromatic heterocycles. The number of imide groups is 1. The van der Waals surface area contributed by atoms with Crippen LogP contribution in [0.3, 0.4) is 0 Å². The Labute approximate surface area is 161 Å². The highest BCUT2D eigenvalue weighted by molar-refractivity contribution is 7.10. The summed E-state index contributed by atoms with van der Waals surface area (Å²) in [5.41, 5.74) is 0.862. The van der Waals surface area contributed by atoms with Gasteiger partial charge < -0.3 is 9.64 Å². The van der Waals surface area contributed by atoms with E-state index in [-0.39, 0.29) is 11.9 Å². The van der Waals surface area contributed by atoms with Crippen LogP contribution < -0.4 is 0 Å². The summed E-state index contributed by atoms with van der Waals surface area (Å²) < 4.78 is 5.11. The molecular formula is C20H20N2O4S. The van der Waals surface area contributed by atoms with E-state index in [4.69, 9.17) is 4.74 Å². The Hall–Kier alpha value is -2.67. The van der Waals surface area contributed by atoms with Gasteiger partial charge in [0.05, 0.1) is 19.1 Å². The maximum atomic E-state index is 13.1. The average molecular weight is 384 g/mol. The summed E-state index contributed by atoms with van der Waals surface area (Å²) in [6.45, 7) is 2.10. The molecule has 4 unspecified atom stereocenters. The molecule has 2 aliphatic heterocycles. The Balaban J connectivity index is 1.91. The fourth-order valence-electron chi connectivity index (χ4n) is 4.36. The zero-order valence-electron chi connectivity index (χ0n) is 15.1. The van der Waals surface area contributed by atoms with Gasteiger partial charge in [0, 0.05) is 17.3 Å². The van der Waals surface area contributed by atoms with E-state index in [0.29, 0.717) is 6.54 Å². The molecule has 2 aliphatic rings. The van der Waals surface area contributed by atoms with Gasteiger partial charge in [-0.2, -0.15) is 0 Å². The number of nitrogens with zero attached hydrogens (tertiary/aromatic N) is 2. The molecule has 1 aromatic carbocycles. The second kappa shape index (κ2) is 6.81. The predicted molar refractivity (Wildman–Crippen MR) is 100 cm³/mol. The van der Waals surface area contributed by atoms with Crippen LogP contribution in [0, 0.1) is 5.92 Å². The van der Waals surface area contributed by atoms with Crippen molar-refractivity contribution in [1.82, 2.24) is 9.80 Å². The lowest BCUT2D eigenvalue weighted by atomic mass is 9.81. The predicted octanol–water partition coefficient (Wildman–Crippen LogP) is 3.03. The molecule has 140 valence electrons. The van der Waals surface area contributed by atoms with Gasteiger partial charge in [0.15, 0.2) is 0 Å². The van der Waals surface area contributed by atoms with Crippen molar-refractivity contribution in [1.29, 1.82) is 0 Å². The first kappa shape index (κ1) is 17.7. The number of carbonyl (C=O) groups is 3. The number of amides is 3. The molecule has 0 bridgehead atoms. The first-order chi connectivity index (χ1) is 13.1. The van der Waals surface area contributed by atoms with E-state index in [1.54, 1.807) is 11.8 Å². The molecule has 4 atom stereocenters. The topological polar surface area (TPSA) is 66.9 Å². The van der Waals surface area contributed by atoms with Crippen LogP contribution in [-0.4, -0.2) is 47.4 Å². The van der Waals surface area contributed by atoms with Crippen molar-refractivity contribution in [2.24, 2.45) is 5.92 Å². The molecule has 0 spiro atoms. The van der Waals surface area contributed by atoms with E-state index in [9.17, 15) is 14.4 Å². The largest absolute Gasteiger partial charge is 0.469 e. The van der Waals surface area contributed by atoms with Gasteiger partial charge in [-0.1, -0.05) is 36.4 Å². The van der Waals surface area contributed by atoms with Gasteiger partial charge in [-0.05, 0) is 23.9 Å². The maximum Gasteiger partial charge on any atom is 0.328 e. The number of fused-ring (bicyclic) bond motifs is 1. The summed E-state index contributed by atoms with van der Waals surface area (Å²) in [7, 11) is 1.35. The van der Waals surface area contributed by atoms with Gasteiger partial charge in [0.2, 0.25) is 0 Å². The van der Waals surface area contributed by atoms with E-state index in [1.165, 1.54) is 23.3 Å². The molecule has 27 heavy (non-hydrogen) atoms. The van der Waals surface area contributed by atoms with E-state index in [0.717, 1.165) is 10.4 Å². The average Bonchev–Trinajstić information content (AvgIpc) is 3.38. The molecule has 0 saturated carbocycles. The number of hydrogen-bond donors (Lipinski definition) is 0. The molecule has 0 aliphatic carbocycles. The summed E-state index contributed by atoms with van der Waals surface area (Å²) >= 11 is 1.48. The molecule has 3 heterocycles. The van der Waals surface area contributed by atoms with Crippen molar-refractivity contribution in [3.63, 3.8) is 0 Å². The smallest absolute Gasteiger partial charge is 0.328 e. The Morgan fingerprint density at radius 3 is 2.44 bits per heavy atom. The highest BCUT2D eigenvalue weighted by Crippen LogP contribution is 2.53. The number of hydrogen-bond acceptors (Lipinski definition) is 5. The van der Waals surface area contributed by atoms with Crippen LogP contribution in [-0.2, 0) is 14.3 Å². The van der Waals surface area contributed by atoms with Crippen molar-refractivity contribution in [3.05, 3.63) is 58.3 Å². The van der Waals surface area contributed by atoms with Gasteiger partial charge in [-0.3, -0.25) is 14.5 Å². The number of benzene rings is 1. The summed E-state index contributed by atoms with van der Waals surface area (Å²) in [5.74, 6) is -1.73. The quantitative estimate of drug-likeness (QED) is 0.600. The van der Waals surface area contributed by atoms with Crippen molar-refractivity contribution < 1.29 is 19.1 Å². The third-order valence-corrected chi connectivity index (χ3v) is 6.39. The molecular weight excluding hydrogens is 364 g/mol. The minimum absolute atomic E-state index is 0.246. The number of rotatable bonds is 4. The van der Waals surface area contributed by atoms with Crippen LogP contribution in [0.4, 0.5) is 4.79 Å². The number of esters is 1. The zero-order valence-corrected chi connectivity index (χ0v) is 15.9. The van der Waals surface area contributed by atoms with Crippen LogP contribution >= 0.6 is 11.3 Å². The second-order valence-corrected chi connectivity index (χ2v) is 7.64. The van der Waals surface area contributed by atoms with Crippen LogP contribution in [0.25, 0.3) is 0 Å². The van der Waals surface area contributed by atoms with Gasteiger partial charge in [-0.25, -0.2) is 4.79 Å². The van der Waals surface area contributed by atoms with Crippen molar-refractivity contribution >= 4 is 29.2 Å². The van der Waals surface area contributed by atoms with Crippen LogP contribution in [0.1, 0.15) is 29.3 Å². The standard InChI is InChI=1S/C20H20N2O4S/c1-3-21-18(23)17-14(12-8-5-4-6-9-12)15(19(24)26-2)16(22(17)20(21)25)13-10-7-11-27-13/h4-11,14-17H,3H2,1-2H3. The summed E-state index contributed by atoms with van der Waals surface area (Å²) in [5, 5.41) is 1.91. The van der Waals surface area contributed by atoms with E-state index in [2.05, 4.69) is 0 Å². The molecule has 2 saturated heterocycles. The molecule has 0 N–H and O–H groups in total. The lowest BCUT2D eigenvalue weighted by Gasteiger charge is -2.26. The van der Waals surface area contributed by atoms with Crippen LogP contribution in [0.15, 0.2) is 47.8 Å². The van der Waals surface area contributed by atoms with Crippen molar-refractivity contribution in [3.8, 4) is 0 Å². The fraction of sp³-hybridized carbons (Fsp3) is 0.350. The highest BCUT2D eigenvalue weighted by atomic mass is 32.1. The van der Waals surface area contributed by atoms with Crippen LogP contribution in [0.2, 0.25) is 0 Å². The molecule has 2 aromatic rings. The van der Waals surface area contributed by atoms with E-state index < -0.39 is 29.9 Å². The molecule has 6 nitrogen and oxygen atoms in total. The number of ether oxygens (including phenoxy) is 1. The number of likely N-dealkylation sites (N-methyl/N-ethyl adjacent to an activating group) is 1. The normalized spacial score (nSPS) is 27.2. The van der Waals surface area contributed by atoms with Gasteiger partial charge in [0.1, 0.15) is 6.04 Å². The highest BCUT2D eigenvalue weighted by Gasteiger charge is 2.63. The van der Waals surface area contributed by atoms with E-state index in [1.807, 2.05) is 47.8 Å². The Bertz CT molecular complexity index is 867. The fourth-order valence-corrected chi connectivity index (χ4v) is 5.23. The van der Waals surface area contributed by atoms with Crippen molar-refractivity contribution in [2.45, 2.75) is 24.9 Å². The Morgan fingerprint density at radius 2 is 1.85 bits per heavy atom. The third kappa shape index (κ3) is 2.56. The molecule has 7 heteroatoms. The molecule has 3 amide bonds. The number of urea groups is 1. The summed E-state index contributed by atoms with van der Waals surface area (Å²) in [6, 6.07) is 11.7. The SMILES string of the molecule is CCN1C(=O)C2C(c3ccccc3)C(C(=O)OC)C(c3cccs3)N2C1=O. The monoisotopic (exact) mass is 384 g/mol. The van der Waals surface area contributed by atoms with Crippen LogP contribution in [0.5, 0.6) is 0 Å². The Morgan fingerprint density at radius 1 is 1.11 bits per heavy atom. The minimum Gasteiger partial charge on any atom is -0.469 e. The summed E-state index contributed by atoms with van der Waals surface area (Å²) in [4.78, 5) is 42.7. The maximum absolute atomic E-state index is 13.1. The lowest BCUT2D eigenvalue weighted by Crippen LogP contribution is -2.38. The number of methoxy groups -OCH3 is 1. The molecule has 0 radical (unpaired) electrons. The number of thiophene rings is 1. The zero-order chi connectivity index (χ0) is 19.1. The van der Waals surface area contributed by atoms with Gasteiger partial charge in [0.25, 0.3) is 5.91 Å². The Kier molecular flexibility index (Phi) is 4.47. The molecule has 2 fully saturated rings. The number of carbonyl (C=O) groups excluding carboxylic acids is 3. The second-order valence-electron chi connectivity index (χ2n) is 6.66. The summed E-state index contributed by atoms with van der Waals surface area (Å²) in [6.07, 6.45) is 0. The van der Waals surface area contributed by atoms with Gasteiger partial charge in [-0.15, -0.1) is 11.3 Å². The molecule has 4 rings (SSSR count).